The first-order chi connectivity index (χ1) is 13.9. The third kappa shape index (κ3) is 3.93. The van der Waals surface area contributed by atoms with Crippen LogP contribution in [0.25, 0.3) is 16.9 Å². The zero-order valence-corrected chi connectivity index (χ0v) is 17.0. The normalized spacial score (nSPS) is 11.4. The summed E-state index contributed by atoms with van der Waals surface area (Å²) in [6.45, 7) is 3.95. The number of rotatable bonds is 5. The molecule has 1 heterocycles. The van der Waals surface area contributed by atoms with Gasteiger partial charge in [-0.3, -0.25) is 4.72 Å². The average Bonchev–Trinajstić information content (AvgIpc) is 3.19. The molecule has 146 valence electrons. The Morgan fingerprint density at radius 3 is 2.14 bits per heavy atom. The lowest BCUT2D eigenvalue weighted by Crippen LogP contribution is -2.13. The van der Waals surface area contributed by atoms with E-state index in [2.05, 4.69) is 9.82 Å². The molecule has 4 rings (SSSR count). The van der Waals surface area contributed by atoms with Crippen LogP contribution in [0.3, 0.4) is 0 Å². The van der Waals surface area contributed by atoms with Crippen molar-refractivity contribution in [2.24, 2.45) is 0 Å². The standard InChI is InChI=1S/C23H21N3O2S/c1-17-13-14-20(15-18(17)2)25-29(27,28)22-16-26(21-11-7-4-8-12-21)24-23(22)19-9-5-3-6-10-19/h3-16,25H,1-2H3. The van der Waals surface area contributed by atoms with E-state index in [-0.39, 0.29) is 4.90 Å². The number of para-hydroxylation sites is 1. The molecule has 5 nitrogen and oxygen atoms in total. The molecule has 0 bridgehead atoms. The summed E-state index contributed by atoms with van der Waals surface area (Å²) in [5.41, 5.74) is 4.59. The third-order valence-electron chi connectivity index (χ3n) is 4.80. The molecule has 0 saturated carbocycles. The molecule has 6 heteroatoms. The van der Waals surface area contributed by atoms with Crippen molar-refractivity contribution in [3.8, 4) is 16.9 Å². The average molecular weight is 404 g/mol. The minimum absolute atomic E-state index is 0.130. The van der Waals surface area contributed by atoms with Gasteiger partial charge >= 0.3 is 0 Å². The molecular weight excluding hydrogens is 382 g/mol. The highest BCUT2D eigenvalue weighted by Crippen LogP contribution is 2.29. The van der Waals surface area contributed by atoms with Crippen molar-refractivity contribution in [3.63, 3.8) is 0 Å². The summed E-state index contributed by atoms with van der Waals surface area (Å²) in [4.78, 5) is 0.130. The fourth-order valence-electron chi connectivity index (χ4n) is 3.08. The summed E-state index contributed by atoms with van der Waals surface area (Å²) in [5, 5.41) is 4.59. The van der Waals surface area contributed by atoms with Crippen LogP contribution in [0, 0.1) is 13.8 Å². The van der Waals surface area contributed by atoms with Gasteiger partial charge in [0.25, 0.3) is 10.0 Å². The van der Waals surface area contributed by atoms with Gasteiger partial charge in [-0.25, -0.2) is 13.1 Å². The molecule has 1 aromatic heterocycles. The lowest BCUT2D eigenvalue weighted by molar-refractivity contribution is 0.601. The first kappa shape index (κ1) is 19.0. The van der Waals surface area contributed by atoms with E-state index >= 15 is 0 Å². The summed E-state index contributed by atoms with van der Waals surface area (Å²) in [7, 11) is -3.84. The topological polar surface area (TPSA) is 64.0 Å². The quantitative estimate of drug-likeness (QED) is 0.512. The van der Waals surface area contributed by atoms with Crippen molar-refractivity contribution in [2.45, 2.75) is 18.7 Å². The lowest BCUT2D eigenvalue weighted by atomic mass is 10.1. The fourth-order valence-corrected chi connectivity index (χ4v) is 4.28. The molecule has 3 aromatic carbocycles. The zero-order valence-electron chi connectivity index (χ0n) is 16.2. The Bertz CT molecular complexity index is 1250. The summed E-state index contributed by atoms with van der Waals surface area (Å²) < 4.78 is 30.8. The predicted molar refractivity (Wildman–Crippen MR) is 116 cm³/mol. The number of hydrogen-bond acceptors (Lipinski definition) is 3. The van der Waals surface area contributed by atoms with Crippen LogP contribution in [0.4, 0.5) is 5.69 Å². The van der Waals surface area contributed by atoms with E-state index in [1.54, 1.807) is 16.9 Å². The van der Waals surface area contributed by atoms with Gasteiger partial charge in [-0.05, 0) is 49.2 Å². The monoisotopic (exact) mass is 403 g/mol. The SMILES string of the molecule is Cc1ccc(NS(=O)(=O)c2cn(-c3ccccc3)nc2-c2ccccc2)cc1C. The minimum atomic E-state index is -3.84. The van der Waals surface area contributed by atoms with E-state index in [1.165, 1.54) is 0 Å². The smallest absolute Gasteiger partial charge is 0.265 e. The number of hydrogen-bond donors (Lipinski definition) is 1. The molecule has 0 fully saturated rings. The maximum atomic E-state index is 13.3. The Labute approximate surface area is 170 Å². The van der Waals surface area contributed by atoms with Crippen molar-refractivity contribution in [1.82, 2.24) is 9.78 Å². The molecule has 0 saturated heterocycles. The van der Waals surface area contributed by atoms with Crippen LogP contribution >= 0.6 is 0 Å². The van der Waals surface area contributed by atoms with E-state index in [1.807, 2.05) is 86.6 Å². The number of aromatic nitrogens is 2. The summed E-state index contributed by atoms with van der Waals surface area (Å²) >= 11 is 0. The molecule has 0 aliphatic heterocycles. The predicted octanol–water partition coefficient (Wildman–Crippen LogP) is 4.96. The van der Waals surface area contributed by atoms with E-state index < -0.39 is 10.0 Å². The number of benzene rings is 3. The van der Waals surface area contributed by atoms with Crippen molar-refractivity contribution in [1.29, 1.82) is 0 Å². The summed E-state index contributed by atoms with van der Waals surface area (Å²) in [6.07, 6.45) is 1.56. The van der Waals surface area contributed by atoms with Crippen molar-refractivity contribution < 1.29 is 8.42 Å². The second-order valence-corrected chi connectivity index (χ2v) is 8.54. The second kappa shape index (κ2) is 7.56. The maximum absolute atomic E-state index is 13.3. The van der Waals surface area contributed by atoms with Crippen LogP contribution < -0.4 is 4.72 Å². The number of aryl methyl sites for hydroxylation is 2. The van der Waals surface area contributed by atoms with E-state index in [0.717, 1.165) is 22.4 Å². The molecule has 4 aromatic rings. The Kier molecular flexibility index (Phi) is 4.94. The zero-order chi connectivity index (χ0) is 20.4. The molecule has 0 radical (unpaired) electrons. The molecule has 0 aliphatic carbocycles. The summed E-state index contributed by atoms with van der Waals surface area (Å²) in [6, 6.07) is 24.3. The Morgan fingerprint density at radius 1 is 0.828 bits per heavy atom. The van der Waals surface area contributed by atoms with Crippen LogP contribution in [0.1, 0.15) is 11.1 Å². The molecule has 0 amide bonds. The van der Waals surface area contributed by atoms with Gasteiger partial charge in [0.05, 0.1) is 11.9 Å². The van der Waals surface area contributed by atoms with Crippen LogP contribution in [-0.2, 0) is 10.0 Å². The largest absolute Gasteiger partial charge is 0.280 e. The molecule has 29 heavy (non-hydrogen) atoms. The Hall–Kier alpha value is -3.38. The molecule has 0 atom stereocenters. The Balaban J connectivity index is 1.82. The van der Waals surface area contributed by atoms with Gasteiger partial charge in [0, 0.05) is 11.3 Å². The van der Waals surface area contributed by atoms with Gasteiger partial charge in [-0.1, -0.05) is 54.6 Å². The second-order valence-electron chi connectivity index (χ2n) is 6.89. The van der Waals surface area contributed by atoms with Crippen LogP contribution in [0.2, 0.25) is 0 Å². The van der Waals surface area contributed by atoms with Gasteiger partial charge < -0.3 is 0 Å². The highest BCUT2D eigenvalue weighted by molar-refractivity contribution is 7.92. The minimum Gasteiger partial charge on any atom is -0.280 e. The van der Waals surface area contributed by atoms with Crippen molar-refractivity contribution in [3.05, 3.63) is 96.2 Å². The molecule has 0 unspecified atom stereocenters. The molecule has 0 spiro atoms. The van der Waals surface area contributed by atoms with Crippen LogP contribution in [-0.4, -0.2) is 18.2 Å². The number of anilines is 1. The van der Waals surface area contributed by atoms with Gasteiger partial charge in [-0.2, -0.15) is 5.10 Å². The molecule has 0 aliphatic rings. The highest BCUT2D eigenvalue weighted by atomic mass is 32.2. The first-order valence-electron chi connectivity index (χ1n) is 9.25. The van der Waals surface area contributed by atoms with Crippen LogP contribution in [0.15, 0.2) is 90.0 Å². The number of nitrogens with zero attached hydrogens (tertiary/aromatic N) is 2. The van der Waals surface area contributed by atoms with Gasteiger partial charge in [0.1, 0.15) is 10.6 Å². The fraction of sp³-hybridized carbons (Fsp3) is 0.0870. The Morgan fingerprint density at radius 2 is 1.48 bits per heavy atom. The van der Waals surface area contributed by atoms with Crippen molar-refractivity contribution in [2.75, 3.05) is 4.72 Å². The van der Waals surface area contributed by atoms with Crippen LogP contribution in [0.5, 0.6) is 0 Å². The van der Waals surface area contributed by atoms with E-state index in [4.69, 9.17) is 0 Å². The lowest BCUT2D eigenvalue weighted by Gasteiger charge is -2.10. The van der Waals surface area contributed by atoms with E-state index in [0.29, 0.717) is 11.4 Å². The molecular formula is C23H21N3O2S. The van der Waals surface area contributed by atoms with Gasteiger partial charge in [-0.15, -0.1) is 0 Å². The van der Waals surface area contributed by atoms with Gasteiger partial charge in [0.15, 0.2) is 0 Å². The number of nitrogens with one attached hydrogen (secondary N) is 1. The number of sulfonamides is 1. The maximum Gasteiger partial charge on any atom is 0.265 e. The van der Waals surface area contributed by atoms with E-state index in [9.17, 15) is 8.42 Å². The van der Waals surface area contributed by atoms with Crippen molar-refractivity contribution >= 4 is 15.7 Å². The van der Waals surface area contributed by atoms with Gasteiger partial charge in [0.2, 0.25) is 0 Å². The summed E-state index contributed by atoms with van der Waals surface area (Å²) in [5.74, 6) is 0. The first-order valence-corrected chi connectivity index (χ1v) is 10.7. The third-order valence-corrected chi connectivity index (χ3v) is 6.18. The highest BCUT2D eigenvalue weighted by Gasteiger charge is 2.24. The molecule has 1 N–H and O–H groups in total.